The second kappa shape index (κ2) is 5.28. The number of alkyl halides is 1. The third-order valence-corrected chi connectivity index (χ3v) is 5.84. The third-order valence-electron chi connectivity index (χ3n) is 3.29. The average molecular weight is 352 g/mol. The highest BCUT2D eigenvalue weighted by atomic mass is 79.9. The lowest BCUT2D eigenvalue weighted by Gasteiger charge is -2.15. The number of halogens is 2. The fourth-order valence-electron chi connectivity index (χ4n) is 2.35. The SMILES string of the molecule is Cc1ccc2ccccc2c1C(Br)c1ccc(Cl)s1. The minimum absolute atomic E-state index is 0.191. The maximum absolute atomic E-state index is 6.05. The van der Waals surface area contributed by atoms with Crippen LogP contribution in [0, 0.1) is 6.92 Å². The van der Waals surface area contributed by atoms with Crippen molar-refractivity contribution in [2.24, 2.45) is 0 Å². The topological polar surface area (TPSA) is 0 Å². The maximum atomic E-state index is 6.05. The van der Waals surface area contributed by atoms with E-state index >= 15 is 0 Å². The van der Waals surface area contributed by atoms with Gasteiger partial charge in [-0.25, -0.2) is 0 Å². The van der Waals surface area contributed by atoms with Gasteiger partial charge in [0.05, 0.1) is 9.16 Å². The molecule has 1 unspecified atom stereocenters. The zero-order valence-electron chi connectivity index (χ0n) is 10.4. The predicted octanol–water partition coefficient (Wildman–Crippen LogP) is 6.35. The van der Waals surface area contributed by atoms with Gasteiger partial charge in [-0.15, -0.1) is 11.3 Å². The van der Waals surface area contributed by atoms with Crippen molar-refractivity contribution < 1.29 is 0 Å². The molecule has 1 aromatic heterocycles. The number of hydrogen-bond donors (Lipinski definition) is 0. The maximum Gasteiger partial charge on any atom is 0.0931 e. The van der Waals surface area contributed by atoms with Gasteiger partial charge in [-0.05, 0) is 41.0 Å². The summed E-state index contributed by atoms with van der Waals surface area (Å²) in [6, 6.07) is 16.9. The van der Waals surface area contributed by atoms with Gasteiger partial charge in [0, 0.05) is 4.88 Å². The van der Waals surface area contributed by atoms with E-state index in [1.54, 1.807) is 11.3 Å². The molecule has 19 heavy (non-hydrogen) atoms. The Labute approximate surface area is 130 Å². The molecule has 0 amide bonds. The van der Waals surface area contributed by atoms with Crippen molar-refractivity contribution in [3.8, 4) is 0 Å². The molecule has 0 saturated carbocycles. The van der Waals surface area contributed by atoms with Crippen LogP contribution in [0.2, 0.25) is 4.34 Å². The smallest absolute Gasteiger partial charge is 0.0931 e. The van der Waals surface area contributed by atoms with Gasteiger partial charge in [0.15, 0.2) is 0 Å². The van der Waals surface area contributed by atoms with Crippen LogP contribution in [0.3, 0.4) is 0 Å². The molecule has 0 aliphatic heterocycles. The van der Waals surface area contributed by atoms with Crippen molar-refractivity contribution in [2.75, 3.05) is 0 Å². The van der Waals surface area contributed by atoms with E-state index in [9.17, 15) is 0 Å². The highest BCUT2D eigenvalue weighted by molar-refractivity contribution is 9.09. The van der Waals surface area contributed by atoms with Crippen molar-refractivity contribution in [1.82, 2.24) is 0 Å². The molecule has 0 nitrogen and oxygen atoms in total. The Kier molecular flexibility index (Phi) is 3.66. The van der Waals surface area contributed by atoms with Crippen LogP contribution in [0.15, 0.2) is 48.5 Å². The molecule has 3 heteroatoms. The van der Waals surface area contributed by atoms with Crippen LogP contribution in [0.1, 0.15) is 20.8 Å². The van der Waals surface area contributed by atoms with Gasteiger partial charge in [0.1, 0.15) is 0 Å². The molecule has 1 heterocycles. The molecule has 3 aromatic rings. The van der Waals surface area contributed by atoms with Gasteiger partial charge in [-0.1, -0.05) is 63.9 Å². The average Bonchev–Trinajstić information content (AvgIpc) is 2.85. The number of aryl methyl sites for hydroxylation is 1. The zero-order valence-corrected chi connectivity index (χ0v) is 13.5. The van der Waals surface area contributed by atoms with Crippen LogP contribution < -0.4 is 0 Å². The van der Waals surface area contributed by atoms with Crippen molar-refractivity contribution in [3.63, 3.8) is 0 Å². The number of rotatable bonds is 2. The van der Waals surface area contributed by atoms with Gasteiger partial charge in [0.2, 0.25) is 0 Å². The number of thiophene rings is 1. The molecule has 0 fully saturated rings. The predicted molar refractivity (Wildman–Crippen MR) is 88.8 cm³/mol. The monoisotopic (exact) mass is 350 g/mol. The Morgan fingerprint density at radius 3 is 2.58 bits per heavy atom. The second-order valence-electron chi connectivity index (χ2n) is 4.52. The van der Waals surface area contributed by atoms with Crippen LogP contribution in [-0.4, -0.2) is 0 Å². The van der Waals surface area contributed by atoms with E-state index in [-0.39, 0.29) is 4.83 Å². The summed E-state index contributed by atoms with van der Waals surface area (Å²) in [5.74, 6) is 0. The highest BCUT2D eigenvalue weighted by Gasteiger charge is 2.17. The summed E-state index contributed by atoms with van der Waals surface area (Å²) in [6.45, 7) is 2.16. The molecule has 2 aromatic carbocycles. The van der Waals surface area contributed by atoms with Gasteiger partial charge in [0.25, 0.3) is 0 Å². The summed E-state index contributed by atoms with van der Waals surface area (Å²) in [5, 5.41) is 2.57. The minimum Gasteiger partial charge on any atom is -0.127 e. The minimum atomic E-state index is 0.191. The normalized spacial score (nSPS) is 12.8. The molecule has 1 atom stereocenters. The van der Waals surface area contributed by atoms with Gasteiger partial charge in [-0.2, -0.15) is 0 Å². The first kappa shape index (κ1) is 13.2. The first-order chi connectivity index (χ1) is 9.16. The lowest BCUT2D eigenvalue weighted by Crippen LogP contribution is -1.95. The molecule has 0 radical (unpaired) electrons. The number of hydrogen-bond acceptors (Lipinski definition) is 1. The summed E-state index contributed by atoms with van der Waals surface area (Å²) >= 11 is 11.5. The van der Waals surface area contributed by atoms with Gasteiger partial charge >= 0.3 is 0 Å². The Bertz CT molecular complexity index is 732. The van der Waals surface area contributed by atoms with Crippen LogP contribution in [0.5, 0.6) is 0 Å². The molecular formula is C16H12BrClS. The Morgan fingerprint density at radius 1 is 1.05 bits per heavy atom. The molecule has 0 spiro atoms. The summed E-state index contributed by atoms with van der Waals surface area (Å²) < 4.78 is 0.831. The Morgan fingerprint density at radius 2 is 1.84 bits per heavy atom. The first-order valence-electron chi connectivity index (χ1n) is 6.04. The third kappa shape index (κ3) is 2.45. The van der Waals surface area contributed by atoms with E-state index < -0.39 is 0 Å². The van der Waals surface area contributed by atoms with Gasteiger partial charge in [-0.3, -0.25) is 0 Å². The summed E-state index contributed by atoms with van der Waals surface area (Å²) in [4.78, 5) is 1.43. The van der Waals surface area contributed by atoms with Crippen molar-refractivity contribution in [1.29, 1.82) is 0 Å². The number of benzene rings is 2. The largest absolute Gasteiger partial charge is 0.127 e. The fraction of sp³-hybridized carbons (Fsp3) is 0.125. The van der Waals surface area contributed by atoms with Crippen LogP contribution in [-0.2, 0) is 0 Å². The van der Waals surface area contributed by atoms with Crippen LogP contribution in [0.25, 0.3) is 10.8 Å². The van der Waals surface area contributed by atoms with E-state index in [2.05, 4.69) is 65.3 Å². The fourth-order valence-corrected chi connectivity index (χ4v) is 4.44. The zero-order chi connectivity index (χ0) is 13.4. The summed E-state index contributed by atoms with van der Waals surface area (Å²) in [5.41, 5.74) is 2.63. The van der Waals surface area contributed by atoms with Crippen LogP contribution in [0.4, 0.5) is 0 Å². The first-order valence-corrected chi connectivity index (χ1v) is 8.15. The van der Waals surface area contributed by atoms with E-state index in [4.69, 9.17) is 11.6 Å². The molecule has 0 saturated heterocycles. The van der Waals surface area contributed by atoms with E-state index in [0.29, 0.717) is 0 Å². The molecule has 0 aliphatic carbocycles. The molecule has 0 aliphatic rings. The van der Waals surface area contributed by atoms with E-state index in [1.807, 2.05) is 6.07 Å². The lowest BCUT2D eigenvalue weighted by molar-refractivity contribution is 1.20. The summed E-state index contributed by atoms with van der Waals surface area (Å²) in [7, 11) is 0. The molecule has 3 rings (SSSR count). The molecule has 96 valence electrons. The van der Waals surface area contributed by atoms with E-state index in [0.717, 1.165) is 4.34 Å². The highest BCUT2D eigenvalue weighted by Crippen LogP contribution is 2.41. The van der Waals surface area contributed by atoms with Crippen molar-refractivity contribution in [2.45, 2.75) is 11.8 Å². The van der Waals surface area contributed by atoms with Crippen molar-refractivity contribution >= 4 is 49.6 Å². The van der Waals surface area contributed by atoms with Crippen LogP contribution >= 0.6 is 38.9 Å². The Hall–Kier alpha value is -0.830. The Balaban J connectivity index is 2.21. The second-order valence-corrected chi connectivity index (χ2v) is 7.18. The molecule has 0 N–H and O–H groups in total. The molecular weight excluding hydrogens is 340 g/mol. The van der Waals surface area contributed by atoms with E-state index in [1.165, 1.54) is 26.8 Å². The summed E-state index contributed by atoms with van der Waals surface area (Å²) in [6.07, 6.45) is 0. The lowest BCUT2D eigenvalue weighted by atomic mass is 9.97. The standard InChI is InChI=1S/C16H12BrClS/c1-10-6-7-11-4-2-3-5-12(11)15(10)16(17)13-8-9-14(18)19-13/h2-9,16H,1H3. The van der Waals surface area contributed by atoms with Crippen molar-refractivity contribution in [3.05, 3.63) is 68.9 Å². The molecule has 0 bridgehead atoms. The quantitative estimate of drug-likeness (QED) is 0.472. The van der Waals surface area contributed by atoms with Gasteiger partial charge < -0.3 is 0 Å². The number of fused-ring (bicyclic) bond motifs is 1.